The van der Waals surface area contributed by atoms with Gasteiger partial charge < -0.3 is 15.3 Å². The number of piperazine rings is 1. The van der Waals surface area contributed by atoms with E-state index in [4.69, 9.17) is 16.7 Å². The van der Waals surface area contributed by atoms with Crippen LogP contribution < -0.4 is 5.32 Å². The van der Waals surface area contributed by atoms with Crippen LogP contribution in [-0.2, 0) is 4.79 Å². The molecule has 2 amide bonds. The minimum Gasteiger partial charge on any atom is -0.481 e. The smallest absolute Gasteiger partial charge is 0.321 e. The number of urea groups is 1. The summed E-state index contributed by atoms with van der Waals surface area (Å²) >= 11 is 6.07. The molecular weight excluding hydrogens is 330 g/mol. The number of anilines is 1. The molecule has 0 aliphatic carbocycles. The molecule has 0 aromatic heterocycles. The lowest BCUT2D eigenvalue weighted by atomic mass is 10.2. The van der Waals surface area contributed by atoms with Gasteiger partial charge in [0, 0.05) is 43.3 Å². The molecule has 2 N–H and O–H groups in total. The summed E-state index contributed by atoms with van der Waals surface area (Å²) in [6, 6.07) is 5.37. The molecule has 0 radical (unpaired) electrons. The summed E-state index contributed by atoms with van der Waals surface area (Å²) in [4.78, 5) is 26.8. The van der Waals surface area contributed by atoms with E-state index in [0.29, 0.717) is 30.2 Å². The fourth-order valence-electron chi connectivity index (χ4n) is 2.66. The Balaban J connectivity index is 1.72. The van der Waals surface area contributed by atoms with Crippen LogP contribution in [0, 0.1) is 6.92 Å². The lowest BCUT2D eigenvalue weighted by molar-refractivity contribution is -0.137. The molecule has 2 rings (SSSR count). The number of unbranched alkanes of at least 4 members (excludes halogenated alkanes) is 1. The lowest BCUT2D eigenvalue weighted by Crippen LogP contribution is -2.50. The van der Waals surface area contributed by atoms with Gasteiger partial charge in [-0.25, -0.2) is 4.79 Å². The molecule has 1 saturated heterocycles. The van der Waals surface area contributed by atoms with Crippen molar-refractivity contribution in [2.24, 2.45) is 0 Å². The summed E-state index contributed by atoms with van der Waals surface area (Å²) < 4.78 is 0. The van der Waals surface area contributed by atoms with Gasteiger partial charge in [0.15, 0.2) is 0 Å². The van der Waals surface area contributed by atoms with Gasteiger partial charge in [-0.2, -0.15) is 0 Å². The van der Waals surface area contributed by atoms with E-state index in [9.17, 15) is 9.59 Å². The minimum atomic E-state index is -0.743. The summed E-state index contributed by atoms with van der Waals surface area (Å²) in [6.07, 6.45) is 1.80. The molecule has 1 fully saturated rings. The Morgan fingerprint density at radius 2 is 1.92 bits per heavy atom. The van der Waals surface area contributed by atoms with Crippen molar-refractivity contribution in [3.05, 3.63) is 28.8 Å². The van der Waals surface area contributed by atoms with Gasteiger partial charge in [0.2, 0.25) is 0 Å². The highest BCUT2D eigenvalue weighted by Gasteiger charge is 2.20. The van der Waals surface area contributed by atoms with E-state index < -0.39 is 5.97 Å². The number of carboxylic acids is 1. The fourth-order valence-corrected chi connectivity index (χ4v) is 2.84. The molecule has 1 aliphatic heterocycles. The molecule has 1 aromatic carbocycles. The minimum absolute atomic E-state index is 0.111. The molecule has 0 unspecified atom stereocenters. The van der Waals surface area contributed by atoms with E-state index in [1.807, 2.05) is 19.1 Å². The third-order valence-electron chi connectivity index (χ3n) is 4.20. The highest BCUT2D eigenvalue weighted by molar-refractivity contribution is 6.31. The molecule has 132 valence electrons. The summed E-state index contributed by atoms with van der Waals surface area (Å²) in [7, 11) is 0. The van der Waals surface area contributed by atoms with Gasteiger partial charge in [-0.3, -0.25) is 9.69 Å². The summed E-state index contributed by atoms with van der Waals surface area (Å²) in [5, 5.41) is 12.1. The van der Waals surface area contributed by atoms with E-state index in [0.717, 1.165) is 31.6 Å². The quantitative estimate of drug-likeness (QED) is 0.771. The van der Waals surface area contributed by atoms with Crippen molar-refractivity contribution < 1.29 is 14.7 Å². The summed E-state index contributed by atoms with van der Waals surface area (Å²) in [6.45, 7) is 5.78. The predicted molar refractivity (Wildman–Crippen MR) is 94.7 cm³/mol. The molecule has 0 atom stereocenters. The number of halogens is 1. The van der Waals surface area contributed by atoms with Gasteiger partial charge in [-0.05, 0) is 44.0 Å². The van der Waals surface area contributed by atoms with Crippen LogP contribution in [0.2, 0.25) is 5.02 Å². The molecule has 7 heteroatoms. The van der Waals surface area contributed by atoms with Gasteiger partial charge in [0.05, 0.1) is 0 Å². The number of nitrogens with one attached hydrogen (secondary N) is 1. The van der Waals surface area contributed by atoms with Gasteiger partial charge in [-0.15, -0.1) is 0 Å². The van der Waals surface area contributed by atoms with Gasteiger partial charge >= 0.3 is 12.0 Å². The van der Waals surface area contributed by atoms with Crippen molar-refractivity contribution in [3.63, 3.8) is 0 Å². The van der Waals surface area contributed by atoms with Crippen LogP contribution in [0.1, 0.15) is 24.8 Å². The first-order valence-corrected chi connectivity index (χ1v) is 8.60. The van der Waals surface area contributed by atoms with Crippen LogP contribution in [0.25, 0.3) is 0 Å². The van der Waals surface area contributed by atoms with Crippen molar-refractivity contribution >= 4 is 29.3 Å². The Hall–Kier alpha value is -1.79. The number of hydrogen-bond acceptors (Lipinski definition) is 3. The van der Waals surface area contributed by atoms with Crippen LogP contribution in [0.5, 0.6) is 0 Å². The van der Waals surface area contributed by atoms with Crippen LogP contribution >= 0.6 is 11.6 Å². The van der Waals surface area contributed by atoms with E-state index in [2.05, 4.69) is 10.2 Å². The lowest BCUT2D eigenvalue weighted by Gasteiger charge is -2.34. The fraction of sp³-hybridized carbons (Fsp3) is 0.529. The van der Waals surface area contributed by atoms with Crippen molar-refractivity contribution in [2.75, 3.05) is 38.0 Å². The maximum Gasteiger partial charge on any atom is 0.321 e. The van der Waals surface area contributed by atoms with E-state index in [1.165, 1.54) is 0 Å². The second-order valence-corrected chi connectivity index (χ2v) is 6.48. The number of nitrogens with zero attached hydrogens (tertiary/aromatic N) is 2. The normalized spacial score (nSPS) is 15.3. The maximum atomic E-state index is 12.3. The van der Waals surface area contributed by atoms with Gasteiger partial charge in [0.1, 0.15) is 0 Å². The molecule has 0 saturated carbocycles. The number of aliphatic carboxylic acids is 1. The number of carbonyl (C=O) groups is 2. The topological polar surface area (TPSA) is 72.9 Å². The molecule has 24 heavy (non-hydrogen) atoms. The third kappa shape index (κ3) is 5.69. The first-order valence-electron chi connectivity index (χ1n) is 8.22. The van der Waals surface area contributed by atoms with E-state index >= 15 is 0 Å². The average molecular weight is 354 g/mol. The molecule has 1 aliphatic rings. The van der Waals surface area contributed by atoms with Crippen molar-refractivity contribution in [1.29, 1.82) is 0 Å². The molecule has 1 heterocycles. The monoisotopic (exact) mass is 353 g/mol. The molecular formula is C17H24ClN3O3. The van der Waals surface area contributed by atoms with E-state index in [1.54, 1.807) is 11.0 Å². The maximum absolute atomic E-state index is 12.3. The first-order chi connectivity index (χ1) is 11.5. The van der Waals surface area contributed by atoms with E-state index in [-0.39, 0.29) is 12.5 Å². The predicted octanol–water partition coefficient (Wildman–Crippen LogP) is 3.05. The van der Waals surface area contributed by atoms with Crippen LogP contribution in [-0.4, -0.2) is 59.6 Å². The Morgan fingerprint density at radius 1 is 1.21 bits per heavy atom. The summed E-state index contributed by atoms with van der Waals surface area (Å²) in [5.41, 5.74) is 1.68. The Labute approximate surface area is 147 Å². The number of amides is 2. The van der Waals surface area contributed by atoms with Crippen LogP contribution in [0.15, 0.2) is 18.2 Å². The number of rotatable bonds is 6. The molecule has 0 spiro atoms. The highest BCUT2D eigenvalue weighted by atomic mass is 35.5. The zero-order chi connectivity index (χ0) is 17.5. The second-order valence-electron chi connectivity index (χ2n) is 6.07. The Kier molecular flexibility index (Phi) is 6.87. The zero-order valence-electron chi connectivity index (χ0n) is 13.9. The van der Waals surface area contributed by atoms with Crippen molar-refractivity contribution in [3.8, 4) is 0 Å². The van der Waals surface area contributed by atoms with Gasteiger partial charge in [-0.1, -0.05) is 17.7 Å². The molecule has 1 aromatic rings. The number of benzene rings is 1. The molecule has 6 nitrogen and oxygen atoms in total. The number of carbonyl (C=O) groups excluding carboxylic acids is 1. The van der Waals surface area contributed by atoms with Crippen molar-refractivity contribution in [1.82, 2.24) is 9.80 Å². The SMILES string of the molecule is Cc1ccc(NC(=O)N2CCN(CCCCC(=O)O)CC2)cc1Cl. The van der Waals surface area contributed by atoms with Gasteiger partial charge in [0.25, 0.3) is 0 Å². The molecule has 0 bridgehead atoms. The number of aryl methyl sites for hydroxylation is 1. The summed E-state index contributed by atoms with van der Waals surface area (Å²) in [5.74, 6) is -0.743. The Morgan fingerprint density at radius 3 is 2.54 bits per heavy atom. The zero-order valence-corrected chi connectivity index (χ0v) is 14.7. The number of hydrogen-bond donors (Lipinski definition) is 2. The Bertz CT molecular complexity index is 586. The van der Waals surface area contributed by atoms with Crippen LogP contribution in [0.3, 0.4) is 0 Å². The first kappa shape index (κ1) is 18.5. The van der Waals surface area contributed by atoms with Crippen molar-refractivity contribution in [2.45, 2.75) is 26.2 Å². The second kappa shape index (κ2) is 8.89. The average Bonchev–Trinajstić information content (AvgIpc) is 2.55. The third-order valence-corrected chi connectivity index (χ3v) is 4.60. The van der Waals surface area contributed by atoms with Crippen LogP contribution in [0.4, 0.5) is 10.5 Å². The largest absolute Gasteiger partial charge is 0.481 e. The highest BCUT2D eigenvalue weighted by Crippen LogP contribution is 2.20. The number of carboxylic acid groups (broad SMARTS) is 1. The standard InChI is InChI=1S/C17H24ClN3O3/c1-13-5-6-14(12-15(13)18)19-17(24)21-10-8-20(9-11-21)7-3-2-4-16(22)23/h5-6,12H,2-4,7-11H2,1H3,(H,19,24)(H,22,23).